The van der Waals surface area contributed by atoms with Crippen LogP contribution in [-0.2, 0) is 9.59 Å². The van der Waals surface area contributed by atoms with E-state index in [1.165, 1.54) is 17.3 Å². The molecule has 0 unspecified atom stereocenters. The van der Waals surface area contributed by atoms with Gasteiger partial charge in [0, 0.05) is 12.3 Å². The monoisotopic (exact) mass is 193 g/mol. The molecule has 6 nitrogen and oxygen atoms in total. The molecule has 0 saturated carbocycles. The van der Waals surface area contributed by atoms with E-state index in [1.807, 2.05) is 0 Å². The molecule has 1 amide bonds. The molecule has 0 saturated heterocycles. The fourth-order valence-electron chi connectivity index (χ4n) is 1.24. The molecule has 0 bridgehead atoms. The van der Waals surface area contributed by atoms with E-state index in [0.717, 1.165) is 0 Å². The third-order valence-corrected chi connectivity index (χ3v) is 1.92. The molecule has 1 aliphatic heterocycles. The van der Waals surface area contributed by atoms with E-state index in [0.29, 0.717) is 5.82 Å². The summed E-state index contributed by atoms with van der Waals surface area (Å²) in [5.41, 5.74) is 0.0876. The maximum absolute atomic E-state index is 11.4. The van der Waals surface area contributed by atoms with Crippen molar-refractivity contribution in [3.8, 4) is 0 Å². The van der Waals surface area contributed by atoms with E-state index in [4.69, 9.17) is 5.11 Å². The summed E-state index contributed by atoms with van der Waals surface area (Å²) in [5, 5.41) is 14.9. The Hall–Kier alpha value is -2.11. The number of amides is 1. The van der Waals surface area contributed by atoms with Gasteiger partial charge in [0.2, 0.25) is 5.91 Å². The fourth-order valence-corrected chi connectivity index (χ4v) is 1.24. The summed E-state index contributed by atoms with van der Waals surface area (Å²) in [7, 11) is 0. The van der Waals surface area contributed by atoms with E-state index in [1.54, 1.807) is 6.07 Å². The average Bonchev–Trinajstić information content (AvgIpc) is 2.71. The summed E-state index contributed by atoms with van der Waals surface area (Å²) in [6.45, 7) is 0. The summed E-state index contributed by atoms with van der Waals surface area (Å²) < 4.78 is 0. The smallest absolute Gasteiger partial charge is 0.333 e. The molecule has 6 heteroatoms. The zero-order valence-electron chi connectivity index (χ0n) is 7.10. The van der Waals surface area contributed by atoms with Gasteiger partial charge in [-0.15, -0.1) is 0 Å². The molecule has 1 aromatic rings. The van der Waals surface area contributed by atoms with Crippen LogP contribution in [0.2, 0.25) is 0 Å². The van der Waals surface area contributed by atoms with Gasteiger partial charge in [0.15, 0.2) is 0 Å². The van der Waals surface area contributed by atoms with E-state index in [-0.39, 0.29) is 17.9 Å². The second-order valence-corrected chi connectivity index (χ2v) is 2.84. The third-order valence-electron chi connectivity index (χ3n) is 1.92. The van der Waals surface area contributed by atoms with Gasteiger partial charge < -0.3 is 5.11 Å². The van der Waals surface area contributed by atoms with Crippen LogP contribution in [0.15, 0.2) is 24.0 Å². The molecule has 0 aromatic carbocycles. The number of aromatic nitrogens is 2. The largest absolute Gasteiger partial charge is 0.478 e. The predicted molar refractivity (Wildman–Crippen MR) is 46.4 cm³/mol. The van der Waals surface area contributed by atoms with Crippen LogP contribution in [-0.4, -0.2) is 27.2 Å². The van der Waals surface area contributed by atoms with Crippen LogP contribution in [0.4, 0.5) is 5.82 Å². The number of H-pyrrole nitrogens is 1. The number of nitrogens with zero attached hydrogens (tertiary/aromatic N) is 2. The van der Waals surface area contributed by atoms with Gasteiger partial charge >= 0.3 is 5.97 Å². The average molecular weight is 193 g/mol. The number of hydrogen-bond donors (Lipinski definition) is 2. The number of carboxylic acids is 1. The Bertz CT molecular complexity index is 407. The first-order valence-electron chi connectivity index (χ1n) is 3.94. The lowest BCUT2D eigenvalue weighted by atomic mass is 10.2. The fraction of sp³-hybridized carbons (Fsp3) is 0.125. The van der Waals surface area contributed by atoms with Crippen LogP contribution in [0.3, 0.4) is 0 Å². The van der Waals surface area contributed by atoms with E-state index >= 15 is 0 Å². The number of carbonyl (C=O) groups is 2. The van der Waals surface area contributed by atoms with Crippen molar-refractivity contribution in [3.05, 3.63) is 24.0 Å². The molecule has 2 heterocycles. The van der Waals surface area contributed by atoms with Crippen molar-refractivity contribution in [2.75, 3.05) is 4.90 Å². The Kier molecular flexibility index (Phi) is 1.81. The number of aromatic amines is 1. The number of carbonyl (C=O) groups excluding carboxylic acids is 1. The zero-order chi connectivity index (χ0) is 10.1. The second kappa shape index (κ2) is 2.99. The first-order valence-corrected chi connectivity index (χ1v) is 3.94. The van der Waals surface area contributed by atoms with Gasteiger partial charge in [-0.3, -0.25) is 14.8 Å². The molecule has 0 fully saturated rings. The lowest BCUT2D eigenvalue weighted by Crippen LogP contribution is -2.19. The van der Waals surface area contributed by atoms with Crippen LogP contribution in [0.5, 0.6) is 0 Å². The molecule has 1 aromatic heterocycles. The first-order chi connectivity index (χ1) is 6.68. The van der Waals surface area contributed by atoms with Gasteiger partial charge in [-0.1, -0.05) is 0 Å². The Morgan fingerprint density at radius 3 is 2.93 bits per heavy atom. The van der Waals surface area contributed by atoms with Crippen molar-refractivity contribution in [1.29, 1.82) is 0 Å². The topological polar surface area (TPSA) is 86.3 Å². The lowest BCUT2D eigenvalue weighted by molar-refractivity contribution is -0.133. The van der Waals surface area contributed by atoms with Crippen molar-refractivity contribution < 1.29 is 14.7 Å². The van der Waals surface area contributed by atoms with Gasteiger partial charge in [-0.05, 0) is 0 Å². The minimum absolute atomic E-state index is 0.0750. The number of carboxylic acid groups (broad SMARTS) is 1. The van der Waals surface area contributed by atoms with Crippen molar-refractivity contribution in [2.24, 2.45) is 0 Å². The van der Waals surface area contributed by atoms with E-state index < -0.39 is 5.97 Å². The molecule has 0 aliphatic carbocycles. The van der Waals surface area contributed by atoms with Crippen molar-refractivity contribution in [2.45, 2.75) is 6.42 Å². The molecule has 1 aliphatic rings. The number of hydrogen-bond acceptors (Lipinski definition) is 3. The molecular weight excluding hydrogens is 186 g/mol. The number of nitrogens with one attached hydrogen (secondary N) is 1. The third kappa shape index (κ3) is 1.26. The predicted octanol–water partition coefficient (Wildman–Crippen LogP) is 0.115. The summed E-state index contributed by atoms with van der Waals surface area (Å²) >= 11 is 0. The maximum Gasteiger partial charge on any atom is 0.333 e. The molecule has 72 valence electrons. The van der Waals surface area contributed by atoms with Gasteiger partial charge in [0.1, 0.15) is 5.82 Å². The highest BCUT2D eigenvalue weighted by Crippen LogP contribution is 2.21. The van der Waals surface area contributed by atoms with Gasteiger partial charge in [-0.2, -0.15) is 5.10 Å². The summed E-state index contributed by atoms with van der Waals surface area (Å²) in [5.74, 6) is -0.863. The summed E-state index contributed by atoms with van der Waals surface area (Å²) in [6.07, 6.45) is 2.72. The highest BCUT2D eigenvalue weighted by Gasteiger charge is 2.27. The summed E-state index contributed by atoms with van der Waals surface area (Å²) in [6, 6.07) is 1.60. The zero-order valence-corrected chi connectivity index (χ0v) is 7.10. The second-order valence-electron chi connectivity index (χ2n) is 2.84. The highest BCUT2D eigenvalue weighted by molar-refractivity contribution is 6.06. The first kappa shape index (κ1) is 8.49. The van der Waals surface area contributed by atoms with Gasteiger partial charge in [-0.25, -0.2) is 4.79 Å². The highest BCUT2D eigenvalue weighted by atomic mass is 16.4. The molecule has 2 rings (SSSR count). The standard InChI is InChI=1S/C8H7N3O3/c12-7-3-5(8(13)14)4-11(7)6-1-2-9-10-6/h1-2,4H,3H2,(H,9,10)(H,13,14). The normalized spacial score (nSPS) is 15.9. The van der Waals surface area contributed by atoms with Crippen molar-refractivity contribution >= 4 is 17.7 Å². The maximum atomic E-state index is 11.4. The Morgan fingerprint density at radius 2 is 2.43 bits per heavy atom. The lowest BCUT2D eigenvalue weighted by Gasteiger charge is -2.08. The SMILES string of the molecule is O=C(O)C1=CN(c2ccn[nH]2)C(=O)C1. The molecule has 0 spiro atoms. The van der Waals surface area contributed by atoms with E-state index in [2.05, 4.69) is 10.2 Å². The van der Waals surface area contributed by atoms with E-state index in [9.17, 15) is 9.59 Å². The molecular formula is C8H7N3O3. The number of anilines is 1. The van der Waals surface area contributed by atoms with Crippen LogP contribution < -0.4 is 4.90 Å². The Morgan fingerprint density at radius 1 is 1.64 bits per heavy atom. The van der Waals surface area contributed by atoms with Crippen molar-refractivity contribution in [3.63, 3.8) is 0 Å². The quantitative estimate of drug-likeness (QED) is 0.698. The van der Waals surface area contributed by atoms with Crippen molar-refractivity contribution in [1.82, 2.24) is 10.2 Å². The summed E-state index contributed by atoms with van der Waals surface area (Å²) in [4.78, 5) is 23.2. The minimum Gasteiger partial charge on any atom is -0.478 e. The molecule has 0 atom stereocenters. The Labute approximate surface area is 78.8 Å². The molecule has 14 heavy (non-hydrogen) atoms. The minimum atomic E-state index is -1.07. The van der Waals surface area contributed by atoms with Gasteiger partial charge in [0.25, 0.3) is 0 Å². The van der Waals surface area contributed by atoms with Crippen LogP contribution in [0, 0.1) is 0 Å². The van der Waals surface area contributed by atoms with Crippen LogP contribution in [0.25, 0.3) is 0 Å². The van der Waals surface area contributed by atoms with Gasteiger partial charge in [0.05, 0.1) is 18.2 Å². The van der Waals surface area contributed by atoms with Crippen LogP contribution >= 0.6 is 0 Å². The Balaban J connectivity index is 2.30. The molecule has 2 N–H and O–H groups in total. The van der Waals surface area contributed by atoms with Crippen LogP contribution in [0.1, 0.15) is 6.42 Å². The number of rotatable bonds is 2. The number of aliphatic carboxylic acids is 1. The molecule has 0 radical (unpaired) electrons.